The van der Waals surface area contributed by atoms with Crippen molar-refractivity contribution in [2.24, 2.45) is 0 Å². The molecule has 10 heteroatoms. The van der Waals surface area contributed by atoms with Gasteiger partial charge in [-0.25, -0.2) is 4.98 Å². The number of nitrogens with zero attached hydrogens (tertiary/aromatic N) is 4. The number of benzene rings is 3. The lowest BCUT2D eigenvalue weighted by molar-refractivity contribution is 0.0946. The lowest BCUT2D eigenvalue weighted by Gasteiger charge is -2.20. The third kappa shape index (κ3) is 5.16. The molecule has 1 atom stereocenters. The van der Waals surface area contributed by atoms with E-state index < -0.39 is 0 Å². The monoisotopic (exact) mass is 524 g/mol. The molecule has 0 saturated carbocycles. The molecule has 5 aromatic rings. The molecule has 1 aliphatic rings. The number of hydrogen-bond acceptors (Lipinski definition) is 8. The quantitative estimate of drug-likeness (QED) is 0.286. The van der Waals surface area contributed by atoms with Crippen molar-refractivity contribution in [2.45, 2.75) is 18.5 Å². The Balaban J connectivity index is 1.20. The topological polar surface area (TPSA) is 115 Å². The molecular weight excluding hydrogens is 500 g/mol. The number of aromatic nitrogens is 5. The molecule has 2 N–H and O–H groups in total. The summed E-state index contributed by atoms with van der Waals surface area (Å²) in [6.07, 6.45) is 0. The van der Waals surface area contributed by atoms with E-state index in [0.29, 0.717) is 25.5 Å². The van der Waals surface area contributed by atoms with Crippen LogP contribution < -0.4 is 14.8 Å². The number of para-hydroxylation sites is 1. The second kappa shape index (κ2) is 10.9. The zero-order valence-electron chi connectivity index (χ0n) is 20.3. The predicted molar refractivity (Wildman–Crippen MR) is 144 cm³/mol. The van der Waals surface area contributed by atoms with Crippen LogP contribution in [0.5, 0.6) is 11.5 Å². The van der Waals surface area contributed by atoms with Gasteiger partial charge in [0.05, 0.1) is 16.5 Å². The lowest BCUT2D eigenvalue weighted by atomic mass is 10.00. The Morgan fingerprint density at radius 1 is 1.05 bits per heavy atom. The number of carbonyl (C=O) groups excluding carboxylic acids is 1. The number of tetrazole rings is 1. The molecule has 190 valence electrons. The Bertz CT molecular complexity index is 1580. The van der Waals surface area contributed by atoms with Gasteiger partial charge < -0.3 is 14.8 Å². The molecule has 0 bridgehead atoms. The zero-order valence-corrected chi connectivity index (χ0v) is 21.1. The van der Waals surface area contributed by atoms with Gasteiger partial charge in [-0.15, -0.1) is 22.0 Å². The summed E-state index contributed by atoms with van der Waals surface area (Å²) in [5.74, 6) is 1.91. The highest BCUT2D eigenvalue weighted by atomic mass is 32.2. The first kappa shape index (κ1) is 23.9. The van der Waals surface area contributed by atoms with E-state index in [4.69, 9.17) is 14.5 Å². The lowest BCUT2D eigenvalue weighted by Crippen LogP contribution is -2.27. The Morgan fingerprint density at radius 2 is 1.95 bits per heavy atom. The number of hydrogen-bond donors (Lipinski definition) is 2. The Kier molecular flexibility index (Phi) is 6.86. The van der Waals surface area contributed by atoms with Crippen molar-refractivity contribution in [3.8, 4) is 11.5 Å². The highest BCUT2D eigenvalue weighted by Gasteiger charge is 2.26. The van der Waals surface area contributed by atoms with E-state index in [-0.39, 0.29) is 17.0 Å². The van der Waals surface area contributed by atoms with Crippen LogP contribution in [0.25, 0.3) is 10.9 Å². The molecule has 0 saturated heterocycles. The normalized spacial score (nSPS) is 14.2. The Labute approximate surface area is 223 Å². The number of ether oxygens (including phenoxy) is 2. The van der Waals surface area contributed by atoms with Gasteiger partial charge >= 0.3 is 0 Å². The third-order valence-corrected chi connectivity index (χ3v) is 7.53. The summed E-state index contributed by atoms with van der Waals surface area (Å²) in [6.45, 7) is 1.31. The summed E-state index contributed by atoms with van der Waals surface area (Å²) in [4.78, 5) is 16.9. The number of fused-ring (bicyclic) bond motifs is 3. The van der Waals surface area contributed by atoms with Gasteiger partial charge in [0.25, 0.3) is 11.7 Å². The molecule has 3 heterocycles. The van der Waals surface area contributed by atoms with E-state index in [0.717, 1.165) is 39.2 Å². The largest absolute Gasteiger partial charge is 0.489 e. The highest BCUT2D eigenvalue weighted by Crippen LogP contribution is 2.45. The summed E-state index contributed by atoms with van der Waals surface area (Å²) >= 11 is 1.73. The molecule has 9 nitrogen and oxygen atoms in total. The third-order valence-electron chi connectivity index (χ3n) is 6.25. The molecule has 3 aromatic carbocycles. The van der Waals surface area contributed by atoms with Gasteiger partial charge in [-0.05, 0) is 46.7 Å². The van der Waals surface area contributed by atoms with Crippen molar-refractivity contribution in [1.82, 2.24) is 30.9 Å². The number of aromatic amines is 1. The first-order valence-corrected chi connectivity index (χ1v) is 13.2. The molecule has 0 fully saturated rings. The molecule has 0 aliphatic carbocycles. The fourth-order valence-electron chi connectivity index (χ4n) is 4.40. The number of pyridine rings is 1. The second-order valence-electron chi connectivity index (χ2n) is 8.71. The maximum absolute atomic E-state index is 12.2. The standard InChI is InChI=1S/C28H24N6O3S/c35-28(27-31-33-34-32-27)29-13-14-38-26-22-7-3-1-6-19(22)16-37-25-12-11-21(15-23(25)26)36-17-20-10-9-18-5-2-4-8-24(18)30-20/h1-12,15,26H,13-14,16-17H2,(H,29,35)(H,31,32,33,34). The van der Waals surface area contributed by atoms with E-state index in [1.807, 2.05) is 60.7 Å². The van der Waals surface area contributed by atoms with Crippen molar-refractivity contribution >= 4 is 28.6 Å². The molecular formula is C28H24N6O3S. The fourth-order valence-corrected chi connectivity index (χ4v) is 5.63. The first-order chi connectivity index (χ1) is 18.7. The van der Waals surface area contributed by atoms with Crippen LogP contribution in [0.1, 0.15) is 38.3 Å². The van der Waals surface area contributed by atoms with Gasteiger partial charge in [-0.2, -0.15) is 5.21 Å². The van der Waals surface area contributed by atoms with E-state index in [9.17, 15) is 4.79 Å². The molecule has 0 spiro atoms. The van der Waals surface area contributed by atoms with Crippen molar-refractivity contribution in [2.75, 3.05) is 12.3 Å². The first-order valence-electron chi connectivity index (χ1n) is 12.2. The minimum Gasteiger partial charge on any atom is -0.489 e. The molecule has 1 amide bonds. The Hall–Kier alpha value is -4.44. The van der Waals surface area contributed by atoms with Gasteiger partial charge in [0.2, 0.25) is 0 Å². The second-order valence-corrected chi connectivity index (χ2v) is 9.93. The van der Waals surface area contributed by atoms with Gasteiger partial charge in [-0.3, -0.25) is 4.79 Å². The fraction of sp³-hybridized carbons (Fsp3) is 0.179. The van der Waals surface area contributed by atoms with E-state index in [2.05, 4.69) is 44.1 Å². The summed E-state index contributed by atoms with van der Waals surface area (Å²) in [5, 5.41) is 17.1. The van der Waals surface area contributed by atoms with Crippen LogP contribution in [0.3, 0.4) is 0 Å². The van der Waals surface area contributed by atoms with E-state index in [1.54, 1.807) is 11.8 Å². The minimum atomic E-state index is -0.359. The molecule has 1 unspecified atom stereocenters. The molecule has 6 rings (SSSR count). The van der Waals surface area contributed by atoms with Gasteiger partial charge in [0.1, 0.15) is 24.7 Å². The van der Waals surface area contributed by atoms with Crippen molar-refractivity contribution in [3.63, 3.8) is 0 Å². The van der Waals surface area contributed by atoms with Crippen LogP contribution in [0, 0.1) is 0 Å². The number of H-pyrrole nitrogens is 1. The van der Waals surface area contributed by atoms with Gasteiger partial charge in [-0.1, -0.05) is 48.5 Å². The van der Waals surface area contributed by atoms with Crippen molar-refractivity contribution < 1.29 is 14.3 Å². The highest BCUT2D eigenvalue weighted by molar-refractivity contribution is 7.99. The van der Waals surface area contributed by atoms with Crippen LogP contribution in [0.15, 0.2) is 78.9 Å². The van der Waals surface area contributed by atoms with E-state index in [1.165, 1.54) is 5.56 Å². The number of rotatable bonds is 8. The summed E-state index contributed by atoms with van der Waals surface area (Å²) in [7, 11) is 0. The van der Waals surface area contributed by atoms with Crippen LogP contribution in [-0.2, 0) is 13.2 Å². The maximum Gasteiger partial charge on any atom is 0.292 e. The Morgan fingerprint density at radius 3 is 2.87 bits per heavy atom. The average molecular weight is 525 g/mol. The predicted octanol–water partition coefficient (Wildman–Crippen LogP) is 4.47. The summed E-state index contributed by atoms with van der Waals surface area (Å²) in [5.41, 5.74) is 5.18. The SMILES string of the molecule is O=C(NCCSC1c2ccccc2COc2ccc(OCc3ccc4ccccc4n3)cc21)c1nn[nH]n1. The zero-order chi connectivity index (χ0) is 25.7. The van der Waals surface area contributed by atoms with Crippen LogP contribution in [-0.4, -0.2) is 43.8 Å². The summed E-state index contributed by atoms with van der Waals surface area (Å²) < 4.78 is 12.4. The average Bonchev–Trinajstić information content (AvgIpc) is 3.46. The number of amides is 1. The number of nitrogens with one attached hydrogen (secondary N) is 2. The van der Waals surface area contributed by atoms with Crippen LogP contribution in [0.4, 0.5) is 0 Å². The van der Waals surface area contributed by atoms with Crippen molar-refractivity contribution in [3.05, 3.63) is 107 Å². The van der Waals surface area contributed by atoms with E-state index >= 15 is 0 Å². The molecule has 38 heavy (non-hydrogen) atoms. The van der Waals surface area contributed by atoms with Crippen LogP contribution in [0.2, 0.25) is 0 Å². The van der Waals surface area contributed by atoms with Gasteiger partial charge in [0, 0.05) is 23.2 Å². The van der Waals surface area contributed by atoms with Crippen LogP contribution >= 0.6 is 11.8 Å². The molecule has 1 aliphatic heterocycles. The number of carbonyl (C=O) groups is 1. The molecule has 2 aromatic heterocycles. The smallest absolute Gasteiger partial charge is 0.292 e. The summed E-state index contributed by atoms with van der Waals surface area (Å²) in [6, 6.07) is 26.3. The molecule has 0 radical (unpaired) electrons. The maximum atomic E-state index is 12.2. The minimum absolute atomic E-state index is 0.00752. The number of thioether (sulfide) groups is 1. The van der Waals surface area contributed by atoms with Crippen molar-refractivity contribution in [1.29, 1.82) is 0 Å². The van der Waals surface area contributed by atoms with Gasteiger partial charge in [0.15, 0.2) is 0 Å².